The molecule has 0 unspecified atom stereocenters. The minimum absolute atomic E-state index is 0. The summed E-state index contributed by atoms with van der Waals surface area (Å²) in [7, 11) is 0. The number of rotatable bonds is 12. The van der Waals surface area contributed by atoms with E-state index in [0.717, 1.165) is 39.1 Å². The summed E-state index contributed by atoms with van der Waals surface area (Å²) in [6, 6.07) is 8.13. The lowest BCUT2D eigenvalue weighted by atomic mass is 10.2. The molecule has 1 amide bonds. The maximum Gasteiger partial charge on any atom is 0.411 e. The van der Waals surface area contributed by atoms with Gasteiger partial charge in [-0.2, -0.15) is 0 Å². The van der Waals surface area contributed by atoms with E-state index >= 15 is 0 Å². The van der Waals surface area contributed by atoms with Crippen LogP contribution in [0.4, 0.5) is 10.5 Å². The van der Waals surface area contributed by atoms with E-state index in [1.165, 1.54) is 25.7 Å². The molecule has 0 saturated carbocycles. The van der Waals surface area contributed by atoms with Crippen molar-refractivity contribution in [2.75, 3.05) is 51.3 Å². The number of benzene rings is 1. The van der Waals surface area contributed by atoms with E-state index in [0.29, 0.717) is 30.7 Å². The molecule has 0 atom stereocenters. The monoisotopic (exact) mass is 477 g/mol. The predicted octanol–water partition coefficient (Wildman–Crippen LogP) is 5.45. The zero-order valence-corrected chi connectivity index (χ0v) is 20.9. The molecule has 6 nitrogen and oxygen atoms in total. The summed E-state index contributed by atoms with van der Waals surface area (Å²) >= 11 is 0. The van der Waals surface area contributed by atoms with E-state index in [4.69, 9.17) is 9.47 Å². The Bertz CT molecular complexity index is 597. The van der Waals surface area contributed by atoms with E-state index in [-0.39, 0.29) is 24.8 Å². The first-order valence-corrected chi connectivity index (χ1v) is 11.2. The number of nitrogens with zero attached hydrogens (tertiary/aromatic N) is 2. The number of halogens is 2. The van der Waals surface area contributed by atoms with E-state index < -0.39 is 6.09 Å². The van der Waals surface area contributed by atoms with Crippen LogP contribution in [-0.4, -0.2) is 67.9 Å². The van der Waals surface area contributed by atoms with Gasteiger partial charge in [-0.05, 0) is 32.4 Å². The Morgan fingerprint density at radius 1 is 1.00 bits per heavy atom. The Morgan fingerprint density at radius 3 is 2.35 bits per heavy atom. The van der Waals surface area contributed by atoms with E-state index in [9.17, 15) is 4.79 Å². The van der Waals surface area contributed by atoms with Gasteiger partial charge in [-0.3, -0.25) is 15.1 Å². The minimum atomic E-state index is -0.426. The smallest absolute Gasteiger partial charge is 0.411 e. The van der Waals surface area contributed by atoms with Gasteiger partial charge in [0.25, 0.3) is 0 Å². The Labute approximate surface area is 200 Å². The fourth-order valence-corrected chi connectivity index (χ4v) is 3.50. The second kappa shape index (κ2) is 17.4. The number of carbonyl (C=O) groups is 1. The number of hydrogen-bond acceptors (Lipinski definition) is 5. The molecule has 1 aliphatic heterocycles. The first kappa shape index (κ1) is 29.8. The van der Waals surface area contributed by atoms with Crippen molar-refractivity contribution in [3.63, 3.8) is 0 Å². The van der Waals surface area contributed by atoms with Crippen molar-refractivity contribution >= 4 is 36.6 Å². The molecule has 0 aliphatic carbocycles. The number of ether oxygens (including phenoxy) is 2. The zero-order chi connectivity index (χ0) is 20.9. The van der Waals surface area contributed by atoms with E-state index in [1.807, 2.05) is 24.3 Å². The number of piperazine rings is 1. The largest absolute Gasteiger partial charge is 0.491 e. The van der Waals surface area contributed by atoms with Crippen molar-refractivity contribution in [2.45, 2.75) is 58.9 Å². The maximum atomic E-state index is 12.2. The molecule has 0 aromatic heterocycles. The molecule has 8 heteroatoms. The summed E-state index contributed by atoms with van der Waals surface area (Å²) in [6.07, 6.45) is 5.55. The molecule has 0 bridgehead atoms. The minimum Gasteiger partial charge on any atom is -0.491 e. The third kappa shape index (κ3) is 11.8. The molecule has 1 saturated heterocycles. The Balaban J connectivity index is 0.00000450. The van der Waals surface area contributed by atoms with Gasteiger partial charge in [0.2, 0.25) is 0 Å². The fraction of sp³-hybridized carbons (Fsp3) is 0.696. The normalized spacial score (nSPS) is 14.5. The molecular weight excluding hydrogens is 437 g/mol. The van der Waals surface area contributed by atoms with Crippen LogP contribution in [0.25, 0.3) is 0 Å². The van der Waals surface area contributed by atoms with Crippen molar-refractivity contribution < 1.29 is 14.3 Å². The lowest BCUT2D eigenvalue weighted by molar-refractivity contribution is 0.0866. The van der Waals surface area contributed by atoms with Gasteiger partial charge in [0, 0.05) is 38.8 Å². The van der Waals surface area contributed by atoms with Crippen LogP contribution in [0, 0.1) is 0 Å². The molecule has 1 fully saturated rings. The molecular formula is C23H41Cl2N3O3. The van der Waals surface area contributed by atoms with Crippen LogP contribution in [0.3, 0.4) is 0 Å². The van der Waals surface area contributed by atoms with Crippen molar-refractivity contribution in [1.82, 2.24) is 9.80 Å². The van der Waals surface area contributed by atoms with Crippen LogP contribution in [-0.2, 0) is 4.74 Å². The van der Waals surface area contributed by atoms with Gasteiger partial charge in [0.05, 0.1) is 12.3 Å². The van der Waals surface area contributed by atoms with E-state index in [2.05, 4.69) is 35.9 Å². The second-order valence-corrected chi connectivity index (χ2v) is 7.99. The molecule has 0 spiro atoms. The zero-order valence-electron chi connectivity index (χ0n) is 19.3. The number of unbranched alkanes of at least 4 members (excludes halogenated alkanes) is 4. The summed E-state index contributed by atoms with van der Waals surface area (Å²) in [5.74, 6) is 0.699. The number of hydrogen-bond donors (Lipinski definition) is 1. The molecule has 31 heavy (non-hydrogen) atoms. The standard InChI is InChI=1S/C23H39N3O3.2ClH/c1-4-5-6-7-10-18-28-22-12-9-8-11-21(22)24-23(27)29-19-17-25-13-15-26(16-14-25)20(2)3;;/h8-9,11-12,20H,4-7,10,13-19H2,1-3H3,(H,24,27);2*1H. The fourth-order valence-electron chi connectivity index (χ4n) is 3.50. The van der Waals surface area contributed by atoms with Crippen molar-refractivity contribution in [3.8, 4) is 5.75 Å². The van der Waals surface area contributed by atoms with Gasteiger partial charge >= 0.3 is 6.09 Å². The topological polar surface area (TPSA) is 54.0 Å². The van der Waals surface area contributed by atoms with Crippen LogP contribution in [0.5, 0.6) is 5.75 Å². The van der Waals surface area contributed by atoms with Crippen molar-refractivity contribution in [2.24, 2.45) is 0 Å². The van der Waals surface area contributed by atoms with Gasteiger partial charge in [0.1, 0.15) is 12.4 Å². The number of carbonyl (C=O) groups excluding carboxylic acids is 1. The van der Waals surface area contributed by atoms with Gasteiger partial charge in [-0.1, -0.05) is 44.7 Å². The molecule has 1 aromatic rings. The first-order valence-electron chi connectivity index (χ1n) is 11.2. The van der Waals surface area contributed by atoms with Gasteiger partial charge < -0.3 is 9.47 Å². The van der Waals surface area contributed by atoms with Crippen LogP contribution in [0.1, 0.15) is 52.9 Å². The highest BCUT2D eigenvalue weighted by Crippen LogP contribution is 2.24. The lowest BCUT2D eigenvalue weighted by Gasteiger charge is -2.36. The Morgan fingerprint density at radius 2 is 1.68 bits per heavy atom. The number of nitrogens with one attached hydrogen (secondary N) is 1. The SMILES string of the molecule is CCCCCCCOc1ccccc1NC(=O)OCCN1CCN(C(C)C)CC1.Cl.Cl. The third-order valence-electron chi connectivity index (χ3n) is 5.41. The molecule has 1 N–H and O–H groups in total. The summed E-state index contributed by atoms with van der Waals surface area (Å²) in [4.78, 5) is 17.0. The van der Waals surface area contributed by atoms with Crippen molar-refractivity contribution in [3.05, 3.63) is 24.3 Å². The maximum absolute atomic E-state index is 12.2. The van der Waals surface area contributed by atoms with Gasteiger partial charge in [0.15, 0.2) is 0 Å². The molecule has 1 heterocycles. The Kier molecular flexibility index (Phi) is 16.7. The summed E-state index contributed by atoms with van der Waals surface area (Å²) in [5, 5.41) is 2.82. The molecule has 2 rings (SSSR count). The van der Waals surface area contributed by atoms with Crippen LogP contribution in [0.2, 0.25) is 0 Å². The Hall–Kier alpha value is -1.21. The van der Waals surface area contributed by atoms with Crippen LogP contribution < -0.4 is 10.1 Å². The second-order valence-electron chi connectivity index (χ2n) is 7.99. The third-order valence-corrected chi connectivity index (χ3v) is 5.41. The molecule has 0 radical (unpaired) electrons. The summed E-state index contributed by atoms with van der Waals surface area (Å²) in [6.45, 7) is 12.7. The van der Waals surface area contributed by atoms with Gasteiger partial charge in [-0.15, -0.1) is 24.8 Å². The quantitative estimate of drug-likeness (QED) is 0.405. The highest BCUT2D eigenvalue weighted by Gasteiger charge is 2.18. The highest BCUT2D eigenvalue weighted by molar-refractivity contribution is 5.86. The highest BCUT2D eigenvalue weighted by atomic mass is 35.5. The molecule has 1 aromatic carbocycles. The van der Waals surface area contributed by atoms with Crippen molar-refractivity contribution in [1.29, 1.82) is 0 Å². The summed E-state index contributed by atoms with van der Waals surface area (Å²) in [5.41, 5.74) is 0.664. The lowest BCUT2D eigenvalue weighted by Crippen LogP contribution is -2.49. The average molecular weight is 479 g/mol. The van der Waals surface area contributed by atoms with E-state index in [1.54, 1.807) is 0 Å². The molecule has 1 aliphatic rings. The van der Waals surface area contributed by atoms with Gasteiger partial charge in [-0.25, -0.2) is 4.79 Å². The number of amides is 1. The predicted molar refractivity (Wildman–Crippen MR) is 133 cm³/mol. The molecule has 180 valence electrons. The average Bonchev–Trinajstić information content (AvgIpc) is 2.72. The number of para-hydroxylation sites is 2. The van der Waals surface area contributed by atoms with Crippen LogP contribution >= 0.6 is 24.8 Å². The summed E-state index contributed by atoms with van der Waals surface area (Å²) < 4.78 is 11.3. The number of anilines is 1. The van der Waals surface area contributed by atoms with Crippen LogP contribution in [0.15, 0.2) is 24.3 Å². The first-order chi connectivity index (χ1) is 14.1.